The maximum atomic E-state index is 13.1. The molecule has 1 fully saturated rings. The number of methoxy groups -OCH3 is 1. The number of hydrogen-bond donors (Lipinski definition) is 1. The van der Waals surface area contributed by atoms with Crippen LogP contribution in [0, 0.1) is 0 Å². The summed E-state index contributed by atoms with van der Waals surface area (Å²) in [4.78, 5) is 38.9. The van der Waals surface area contributed by atoms with Crippen molar-refractivity contribution in [3.8, 4) is 11.5 Å². The minimum Gasteiger partial charge on any atom is -0.507 e. The second kappa shape index (κ2) is 11.5. The van der Waals surface area contributed by atoms with E-state index in [0.717, 1.165) is 6.42 Å². The molecule has 8 nitrogen and oxygen atoms in total. The molecular weight excluding hydrogens is 438 g/mol. The van der Waals surface area contributed by atoms with Crippen LogP contribution in [0.1, 0.15) is 43.9 Å². The highest BCUT2D eigenvalue weighted by Crippen LogP contribution is 2.40. The Morgan fingerprint density at radius 2 is 1.79 bits per heavy atom. The van der Waals surface area contributed by atoms with E-state index in [4.69, 9.17) is 14.2 Å². The smallest absolute Gasteiger partial charge is 0.308 e. The normalized spacial score (nSPS) is 17.1. The van der Waals surface area contributed by atoms with E-state index in [1.54, 1.807) is 55.6 Å². The summed E-state index contributed by atoms with van der Waals surface area (Å²) in [7, 11) is 1.56. The van der Waals surface area contributed by atoms with Crippen LogP contribution in [-0.4, -0.2) is 54.5 Å². The highest BCUT2D eigenvalue weighted by molar-refractivity contribution is 6.46. The van der Waals surface area contributed by atoms with Gasteiger partial charge in [0.2, 0.25) is 0 Å². The summed E-state index contributed by atoms with van der Waals surface area (Å²) in [5, 5.41) is 11.1. The zero-order chi connectivity index (χ0) is 24.7. The molecule has 0 saturated carbocycles. The average molecular weight is 468 g/mol. The molecule has 2 aromatic rings. The van der Waals surface area contributed by atoms with Crippen LogP contribution >= 0.6 is 0 Å². The van der Waals surface area contributed by atoms with Gasteiger partial charge in [-0.25, -0.2) is 0 Å². The van der Waals surface area contributed by atoms with Crippen LogP contribution in [-0.2, 0) is 19.1 Å². The number of ether oxygens (including phenoxy) is 3. The Kier molecular flexibility index (Phi) is 8.43. The molecule has 1 heterocycles. The second-order valence-corrected chi connectivity index (χ2v) is 7.88. The van der Waals surface area contributed by atoms with Crippen molar-refractivity contribution in [3.05, 3.63) is 65.2 Å². The number of aliphatic hydroxyl groups is 1. The maximum Gasteiger partial charge on any atom is 0.308 e. The Morgan fingerprint density at radius 3 is 2.44 bits per heavy atom. The largest absolute Gasteiger partial charge is 0.507 e. The number of rotatable bonds is 10. The minimum atomic E-state index is -0.844. The van der Waals surface area contributed by atoms with Gasteiger partial charge in [0.1, 0.15) is 17.3 Å². The van der Waals surface area contributed by atoms with E-state index < -0.39 is 23.7 Å². The van der Waals surface area contributed by atoms with E-state index in [-0.39, 0.29) is 23.6 Å². The summed E-state index contributed by atoms with van der Waals surface area (Å²) in [5.41, 5.74) is 0.907. The van der Waals surface area contributed by atoms with Gasteiger partial charge in [-0.05, 0) is 54.8 Å². The molecule has 1 N–H and O–H groups in total. The van der Waals surface area contributed by atoms with Crippen LogP contribution in [0.2, 0.25) is 0 Å². The minimum absolute atomic E-state index is 0.0235. The third-order valence-corrected chi connectivity index (χ3v) is 5.32. The fourth-order valence-corrected chi connectivity index (χ4v) is 3.83. The van der Waals surface area contributed by atoms with Crippen molar-refractivity contribution in [1.82, 2.24) is 4.90 Å². The zero-order valence-corrected chi connectivity index (χ0v) is 19.6. The Labute approximate surface area is 198 Å². The number of carbonyl (C=O) groups is 3. The number of Topliss-reactive ketones (excluding diaryl/α,β-unsaturated/α-hetero) is 1. The molecule has 8 heteroatoms. The summed E-state index contributed by atoms with van der Waals surface area (Å²) in [5.74, 6) is -1.32. The Balaban J connectivity index is 2.06. The molecule has 1 aliphatic heterocycles. The molecule has 0 spiro atoms. The van der Waals surface area contributed by atoms with Crippen molar-refractivity contribution in [2.75, 3.05) is 26.9 Å². The topological polar surface area (TPSA) is 102 Å². The summed E-state index contributed by atoms with van der Waals surface area (Å²) >= 11 is 0. The van der Waals surface area contributed by atoms with Crippen molar-refractivity contribution in [2.45, 2.75) is 32.7 Å². The van der Waals surface area contributed by atoms with Crippen LogP contribution in [0.5, 0.6) is 11.5 Å². The third kappa shape index (κ3) is 5.63. The van der Waals surface area contributed by atoms with Crippen LogP contribution in [0.4, 0.5) is 0 Å². The van der Waals surface area contributed by atoms with E-state index in [9.17, 15) is 19.5 Å². The number of esters is 1. The van der Waals surface area contributed by atoms with E-state index in [1.165, 1.54) is 11.8 Å². The molecule has 1 aliphatic rings. The molecule has 1 saturated heterocycles. The van der Waals surface area contributed by atoms with Crippen molar-refractivity contribution < 1.29 is 33.7 Å². The first kappa shape index (κ1) is 25.0. The number of ketones is 1. The molecule has 0 aromatic heterocycles. The molecule has 1 atom stereocenters. The third-order valence-electron chi connectivity index (χ3n) is 5.32. The molecule has 0 aliphatic carbocycles. The lowest BCUT2D eigenvalue weighted by molar-refractivity contribution is -0.140. The van der Waals surface area contributed by atoms with Crippen LogP contribution in [0.3, 0.4) is 0 Å². The highest BCUT2D eigenvalue weighted by atomic mass is 16.5. The van der Waals surface area contributed by atoms with Gasteiger partial charge in [0, 0.05) is 32.7 Å². The Morgan fingerprint density at radius 1 is 1.06 bits per heavy atom. The molecule has 1 amide bonds. The molecule has 0 bridgehead atoms. The van der Waals surface area contributed by atoms with Crippen molar-refractivity contribution in [1.29, 1.82) is 0 Å². The van der Waals surface area contributed by atoms with E-state index >= 15 is 0 Å². The summed E-state index contributed by atoms with van der Waals surface area (Å²) in [6, 6.07) is 12.4. The molecule has 0 radical (unpaired) electrons. The van der Waals surface area contributed by atoms with Crippen molar-refractivity contribution >= 4 is 23.4 Å². The average Bonchev–Trinajstić information content (AvgIpc) is 3.07. The Bertz CT molecular complexity index is 1070. The number of nitrogens with zero attached hydrogens (tertiary/aromatic N) is 1. The summed E-state index contributed by atoms with van der Waals surface area (Å²) in [6.07, 6.45) is 1.37. The SMILES string of the molecule is CCCOc1ccc(/C(O)=C2/C(=O)C(=O)N(CCCOC)C2c2cccc(OC(C)=O)c2)cc1. The lowest BCUT2D eigenvalue weighted by Gasteiger charge is -2.25. The van der Waals surface area contributed by atoms with E-state index in [0.29, 0.717) is 36.5 Å². The second-order valence-electron chi connectivity index (χ2n) is 7.88. The fraction of sp³-hybridized carbons (Fsp3) is 0.346. The van der Waals surface area contributed by atoms with E-state index in [2.05, 4.69) is 0 Å². The van der Waals surface area contributed by atoms with Crippen LogP contribution < -0.4 is 9.47 Å². The van der Waals surface area contributed by atoms with Gasteiger partial charge < -0.3 is 24.2 Å². The van der Waals surface area contributed by atoms with Gasteiger partial charge in [0.15, 0.2) is 0 Å². The molecule has 34 heavy (non-hydrogen) atoms. The molecule has 2 aromatic carbocycles. The van der Waals surface area contributed by atoms with E-state index in [1.807, 2.05) is 6.92 Å². The summed E-state index contributed by atoms with van der Waals surface area (Å²) < 4.78 is 15.9. The Hall–Kier alpha value is -3.65. The molecular formula is C26H29NO7. The zero-order valence-electron chi connectivity index (χ0n) is 19.6. The van der Waals surface area contributed by atoms with Crippen molar-refractivity contribution in [2.24, 2.45) is 0 Å². The number of amides is 1. The van der Waals surface area contributed by atoms with Gasteiger partial charge in [0.05, 0.1) is 18.2 Å². The molecule has 180 valence electrons. The number of likely N-dealkylation sites (tertiary alicyclic amines) is 1. The highest BCUT2D eigenvalue weighted by Gasteiger charge is 2.45. The first-order chi connectivity index (χ1) is 16.4. The lowest BCUT2D eigenvalue weighted by Crippen LogP contribution is -2.31. The van der Waals surface area contributed by atoms with Gasteiger partial charge in [-0.2, -0.15) is 0 Å². The molecule has 3 rings (SSSR count). The van der Waals surface area contributed by atoms with Gasteiger partial charge in [-0.15, -0.1) is 0 Å². The van der Waals surface area contributed by atoms with Gasteiger partial charge >= 0.3 is 5.97 Å². The van der Waals surface area contributed by atoms with Crippen molar-refractivity contribution in [3.63, 3.8) is 0 Å². The van der Waals surface area contributed by atoms with Crippen LogP contribution in [0.25, 0.3) is 5.76 Å². The van der Waals surface area contributed by atoms with Crippen LogP contribution in [0.15, 0.2) is 54.1 Å². The number of aliphatic hydroxyl groups excluding tert-OH is 1. The molecule has 1 unspecified atom stereocenters. The lowest BCUT2D eigenvalue weighted by atomic mass is 9.95. The summed E-state index contributed by atoms with van der Waals surface area (Å²) in [6.45, 7) is 4.51. The number of benzene rings is 2. The number of carbonyl (C=O) groups excluding carboxylic acids is 3. The van der Waals surface area contributed by atoms with Gasteiger partial charge in [-0.1, -0.05) is 19.1 Å². The van der Waals surface area contributed by atoms with Gasteiger partial charge in [-0.3, -0.25) is 14.4 Å². The quantitative estimate of drug-likeness (QED) is 0.141. The van der Waals surface area contributed by atoms with Gasteiger partial charge in [0.25, 0.3) is 11.7 Å². The first-order valence-electron chi connectivity index (χ1n) is 11.2. The predicted octanol–water partition coefficient (Wildman–Crippen LogP) is 3.86. The first-order valence-corrected chi connectivity index (χ1v) is 11.2. The monoisotopic (exact) mass is 467 g/mol. The fourth-order valence-electron chi connectivity index (χ4n) is 3.83. The maximum absolute atomic E-state index is 13.1. The standard InChI is InChI=1S/C26H29NO7/c1-4-14-33-20-11-9-18(10-12-20)24(29)22-23(19-7-5-8-21(16-19)34-17(2)28)27(13-6-15-32-3)26(31)25(22)30/h5,7-12,16,23,29H,4,6,13-15H2,1-3H3/b24-22-. The number of hydrogen-bond acceptors (Lipinski definition) is 7. The predicted molar refractivity (Wildman–Crippen MR) is 125 cm³/mol.